The Kier molecular flexibility index (Phi) is 6.22. The van der Waals surface area contributed by atoms with Gasteiger partial charge in [0, 0.05) is 38.3 Å². The lowest BCUT2D eigenvalue weighted by molar-refractivity contribution is 1.18. The average Bonchev–Trinajstić information content (AvgIpc) is 3.67. The molecular formula is C44H26N4. The third kappa shape index (κ3) is 4.14. The summed E-state index contributed by atoms with van der Waals surface area (Å²) in [5.41, 5.74) is 11.4. The van der Waals surface area contributed by atoms with Gasteiger partial charge in [0.05, 0.1) is 40.4 Å². The maximum atomic E-state index is 10.4. The zero-order valence-corrected chi connectivity index (χ0v) is 25.8. The summed E-state index contributed by atoms with van der Waals surface area (Å²) in [7, 11) is 0. The summed E-state index contributed by atoms with van der Waals surface area (Å²) in [6, 6.07) is 56.7. The van der Waals surface area contributed by atoms with Crippen molar-refractivity contribution in [2.24, 2.45) is 0 Å². The first-order chi connectivity index (χ1) is 23.7. The van der Waals surface area contributed by atoms with E-state index in [1.54, 1.807) is 0 Å². The summed E-state index contributed by atoms with van der Waals surface area (Å²) < 4.78 is 4.53. The molecule has 0 atom stereocenters. The number of rotatable bonds is 4. The molecule has 0 saturated carbocycles. The van der Waals surface area contributed by atoms with Crippen molar-refractivity contribution in [2.75, 3.05) is 0 Å². The molecule has 0 aliphatic carbocycles. The van der Waals surface area contributed by atoms with Crippen molar-refractivity contribution in [2.45, 2.75) is 0 Å². The molecule has 9 aromatic rings. The van der Waals surface area contributed by atoms with Crippen molar-refractivity contribution < 1.29 is 0 Å². The minimum absolute atomic E-state index is 0.578. The number of para-hydroxylation sites is 3. The van der Waals surface area contributed by atoms with E-state index < -0.39 is 0 Å². The SMILES string of the molecule is [C-]#[N+]c1ccc2c3ccccc3n(-c3cccc(C#N)c3-c3cccc(-c4cccc(-n5c6ccccc6c6ccccc65)c4)c3)c2c1. The van der Waals surface area contributed by atoms with Crippen molar-refractivity contribution >= 4 is 49.3 Å². The molecule has 0 bridgehead atoms. The largest absolute Gasteiger partial charge is 0.310 e. The van der Waals surface area contributed by atoms with Crippen LogP contribution in [0.1, 0.15) is 5.56 Å². The Morgan fingerprint density at radius 2 is 1.04 bits per heavy atom. The first kappa shape index (κ1) is 27.4. The van der Waals surface area contributed by atoms with Gasteiger partial charge in [0.1, 0.15) is 0 Å². The smallest absolute Gasteiger partial charge is 0.189 e. The maximum Gasteiger partial charge on any atom is 0.189 e. The van der Waals surface area contributed by atoms with Crippen LogP contribution in [0.5, 0.6) is 0 Å². The quantitative estimate of drug-likeness (QED) is 0.183. The fraction of sp³-hybridized carbons (Fsp3) is 0. The van der Waals surface area contributed by atoms with Crippen LogP contribution >= 0.6 is 0 Å². The Morgan fingerprint density at radius 3 is 1.71 bits per heavy atom. The van der Waals surface area contributed by atoms with Crippen LogP contribution in [0, 0.1) is 17.9 Å². The molecule has 0 amide bonds. The number of nitriles is 1. The molecule has 0 spiro atoms. The second-order valence-electron chi connectivity index (χ2n) is 12.0. The van der Waals surface area contributed by atoms with E-state index in [1.807, 2.05) is 42.5 Å². The third-order valence-corrected chi connectivity index (χ3v) is 9.36. The van der Waals surface area contributed by atoms with Gasteiger partial charge in [0.25, 0.3) is 0 Å². The Bertz CT molecular complexity index is 2760. The Morgan fingerprint density at radius 1 is 0.479 bits per heavy atom. The van der Waals surface area contributed by atoms with E-state index in [0.717, 1.165) is 55.4 Å². The molecule has 0 fully saturated rings. The van der Waals surface area contributed by atoms with Crippen LogP contribution in [-0.4, -0.2) is 9.13 Å². The average molecular weight is 611 g/mol. The van der Waals surface area contributed by atoms with Gasteiger partial charge in [-0.05, 0) is 71.3 Å². The summed E-state index contributed by atoms with van der Waals surface area (Å²) >= 11 is 0. The fourth-order valence-electron chi connectivity index (χ4n) is 7.29. The summed E-state index contributed by atoms with van der Waals surface area (Å²) in [4.78, 5) is 3.73. The van der Waals surface area contributed by atoms with E-state index in [1.165, 1.54) is 21.8 Å². The van der Waals surface area contributed by atoms with Gasteiger partial charge in [0.2, 0.25) is 0 Å². The van der Waals surface area contributed by atoms with Gasteiger partial charge in [0.15, 0.2) is 5.69 Å². The van der Waals surface area contributed by atoms with Gasteiger partial charge in [-0.2, -0.15) is 5.26 Å². The Hall–Kier alpha value is -6.88. The molecule has 0 aliphatic heterocycles. The standard InChI is InChI=1S/C44H26N4/c1-46-33-23-24-38-37-18-4-7-21-41(37)48(43(38)27-33)42-22-10-14-32(28-45)44(42)31-13-8-11-29(25-31)30-12-9-15-34(26-30)47-39-19-5-2-16-35(39)36-17-3-6-20-40(36)47/h2-27H. The van der Waals surface area contributed by atoms with E-state index in [0.29, 0.717) is 11.3 Å². The molecule has 0 radical (unpaired) electrons. The summed E-state index contributed by atoms with van der Waals surface area (Å²) in [5, 5.41) is 15.0. The molecule has 0 aliphatic rings. The molecule has 0 unspecified atom stereocenters. The molecule has 2 heterocycles. The van der Waals surface area contributed by atoms with Gasteiger partial charge >= 0.3 is 0 Å². The van der Waals surface area contributed by atoms with Crippen LogP contribution in [0.25, 0.3) is 82.1 Å². The second-order valence-corrected chi connectivity index (χ2v) is 12.0. The van der Waals surface area contributed by atoms with Crippen LogP contribution in [0.15, 0.2) is 158 Å². The Labute approximate surface area is 277 Å². The topological polar surface area (TPSA) is 38.0 Å². The van der Waals surface area contributed by atoms with E-state index in [-0.39, 0.29) is 0 Å². The van der Waals surface area contributed by atoms with Crippen molar-refractivity contribution in [3.05, 3.63) is 175 Å². The molecule has 48 heavy (non-hydrogen) atoms. The molecule has 4 heteroatoms. The number of nitrogens with zero attached hydrogens (tertiary/aromatic N) is 4. The van der Waals surface area contributed by atoms with Gasteiger partial charge in [-0.25, -0.2) is 4.85 Å². The van der Waals surface area contributed by atoms with E-state index in [2.05, 4.69) is 135 Å². The molecular weight excluding hydrogens is 585 g/mol. The van der Waals surface area contributed by atoms with Crippen LogP contribution in [0.3, 0.4) is 0 Å². The highest BCUT2D eigenvalue weighted by Gasteiger charge is 2.19. The first-order valence-corrected chi connectivity index (χ1v) is 15.9. The lowest BCUT2D eigenvalue weighted by Gasteiger charge is -2.17. The van der Waals surface area contributed by atoms with Crippen molar-refractivity contribution in [3.8, 4) is 39.7 Å². The molecule has 4 nitrogen and oxygen atoms in total. The van der Waals surface area contributed by atoms with Crippen molar-refractivity contribution in [3.63, 3.8) is 0 Å². The van der Waals surface area contributed by atoms with Crippen LogP contribution in [0.2, 0.25) is 0 Å². The zero-order valence-electron chi connectivity index (χ0n) is 25.8. The number of fused-ring (bicyclic) bond motifs is 6. The van der Waals surface area contributed by atoms with Crippen LogP contribution < -0.4 is 0 Å². The third-order valence-electron chi connectivity index (χ3n) is 9.36. The fourth-order valence-corrected chi connectivity index (χ4v) is 7.29. The van der Waals surface area contributed by atoms with Crippen LogP contribution in [-0.2, 0) is 0 Å². The second kappa shape index (κ2) is 10.9. The van der Waals surface area contributed by atoms with Crippen molar-refractivity contribution in [1.29, 1.82) is 5.26 Å². The number of benzene rings is 7. The maximum absolute atomic E-state index is 10.4. The molecule has 2 aromatic heterocycles. The van der Waals surface area contributed by atoms with E-state index in [4.69, 9.17) is 6.57 Å². The monoisotopic (exact) mass is 610 g/mol. The molecule has 7 aromatic carbocycles. The Balaban J connectivity index is 1.24. The molecule has 0 N–H and O–H groups in total. The predicted octanol–water partition coefficient (Wildman–Crippen LogP) is 11.6. The van der Waals surface area contributed by atoms with Gasteiger partial charge in [-0.1, -0.05) is 103 Å². The van der Waals surface area contributed by atoms with Crippen LogP contribution in [0.4, 0.5) is 5.69 Å². The summed E-state index contributed by atoms with van der Waals surface area (Å²) in [6.45, 7) is 7.69. The minimum Gasteiger partial charge on any atom is -0.310 e. The molecule has 0 saturated heterocycles. The molecule has 9 rings (SSSR count). The van der Waals surface area contributed by atoms with Gasteiger partial charge < -0.3 is 9.13 Å². The summed E-state index contributed by atoms with van der Waals surface area (Å²) in [6.07, 6.45) is 0. The van der Waals surface area contributed by atoms with Gasteiger partial charge in [-0.3, -0.25) is 0 Å². The normalized spacial score (nSPS) is 11.3. The summed E-state index contributed by atoms with van der Waals surface area (Å²) in [5.74, 6) is 0. The highest BCUT2D eigenvalue weighted by Crippen LogP contribution is 2.40. The highest BCUT2D eigenvalue weighted by molar-refractivity contribution is 6.11. The number of hydrogen-bond donors (Lipinski definition) is 0. The minimum atomic E-state index is 0.578. The zero-order chi connectivity index (χ0) is 32.2. The lowest BCUT2D eigenvalue weighted by atomic mass is 9.94. The number of aromatic nitrogens is 2. The predicted molar refractivity (Wildman–Crippen MR) is 197 cm³/mol. The molecule has 222 valence electrons. The highest BCUT2D eigenvalue weighted by atomic mass is 15.0. The van der Waals surface area contributed by atoms with E-state index in [9.17, 15) is 5.26 Å². The van der Waals surface area contributed by atoms with Crippen molar-refractivity contribution in [1.82, 2.24) is 9.13 Å². The number of hydrogen-bond acceptors (Lipinski definition) is 1. The van der Waals surface area contributed by atoms with E-state index >= 15 is 0 Å². The van der Waals surface area contributed by atoms with Gasteiger partial charge in [-0.15, -0.1) is 0 Å². The first-order valence-electron chi connectivity index (χ1n) is 15.9. The lowest BCUT2D eigenvalue weighted by Crippen LogP contribution is -1.99.